The van der Waals surface area contributed by atoms with Gasteiger partial charge in [0.05, 0.1) is 0 Å². The van der Waals surface area contributed by atoms with E-state index < -0.39 is 0 Å². The van der Waals surface area contributed by atoms with Gasteiger partial charge in [-0.2, -0.15) is 0 Å². The molecule has 6 nitrogen and oxygen atoms in total. The number of unbranched alkanes of at least 4 members (excludes halogenated alkanes) is 2. The highest BCUT2D eigenvalue weighted by Gasteiger charge is 1.98. The summed E-state index contributed by atoms with van der Waals surface area (Å²) < 4.78 is 2.00. The van der Waals surface area contributed by atoms with Gasteiger partial charge in [-0.05, 0) is 25.2 Å². The van der Waals surface area contributed by atoms with Crippen LogP contribution in [0, 0.1) is 5.92 Å². The molecule has 1 rings (SSSR count). The summed E-state index contributed by atoms with van der Waals surface area (Å²) in [7, 11) is 1.82. The minimum atomic E-state index is 0. The van der Waals surface area contributed by atoms with Gasteiger partial charge in [-0.25, -0.2) is 0 Å². The lowest BCUT2D eigenvalue weighted by Gasteiger charge is -2.12. The molecule has 0 amide bonds. The van der Waals surface area contributed by atoms with Gasteiger partial charge < -0.3 is 15.2 Å². The molecule has 0 aliphatic rings. The molecule has 0 saturated heterocycles. The van der Waals surface area contributed by atoms with E-state index in [1.807, 2.05) is 11.6 Å². The van der Waals surface area contributed by atoms with Gasteiger partial charge in [0.1, 0.15) is 12.7 Å². The molecule has 0 aliphatic carbocycles. The Balaban J connectivity index is 0.00000441. The van der Waals surface area contributed by atoms with Crippen LogP contribution in [-0.2, 0) is 6.54 Å². The summed E-state index contributed by atoms with van der Waals surface area (Å²) in [6.45, 7) is 7.44. The van der Waals surface area contributed by atoms with E-state index in [-0.39, 0.29) is 24.0 Å². The minimum Gasteiger partial charge on any atom is -0.356 e. The van der Waals surface area contributed by atoms with Crippen LogP contribution in [-0.4, -0.2) is 40.9 Å². The third-order valence-electron chi connectivity index (χ3n) is 3.33. The number of hydrogen-bond donors (Lipinski definition) is 2. The van der Waals surface area contributed by atoms with Crippen molar-refractivity contribution in [3.8, 4) is 0 Å². The molecule has 1 heterocycles. The van der Waals surface area contributed by atoms with Crippen LogP contribution in [0.5, 0.6) is 0 Å². The number of aryl methyl sites for hydroxylation is 1. The van der Waals surface area contributed by atoms with E-state index >= 15 is 0 Å². The quantitative estimate of drug-likeness (QED) is 0.263. The SMILES string of the molecule is CN=C(NCCCCC(C)C)NCCCCn1cnnc1.I. The number of halogens is 1. The van der Waals surface area contributed by atoms with Gasteiger partial charge >= 0.3 is 0 Å². The van der Waals surface area contributed by atoms with Crippen molar-refractivity contribution in [1.82, 2.24) is 25.4 Å². The van der Waals surface area contributed by atoms with E-state index in [0.717, 1.165) is 44.4 Å². The molecule has 7 heteroatoms. The third-order valence-corrected chi connectivity index (χ3v) is 3.33. The molecule has 0 aliphatic heterocycles. The number of hydrogen-bond acceptors (Lipinski definition) is 3. The van der Waals surface area contributed by atoms with Gasteiger partial charge in [0.2, 0.25) is 0 Å². The van der Waals surface area contributed by atoms with Gasteiger partial charge in [-0.3, -0.25) is 4.99 Å². The number of aliphatic imine (C=N–C) groups is 1. The standard InChI is InChI=1S/C15H30N6.HI/c1-14(2)8-4-5-9-17-15(16-3)18-10-6-7-11-21-12-19-20-13-21;/h12-14H,4-11H2,1-3H3,(H2,16,17,18);1H. The second-order valence-electron chi connectivity index (χ2n) is 5.72. The number of nitrogens with zero attached hydrogens (tertiary/aromatic N) is 4. The highest BCUT2D eigenvalue weighted by Crippen LogP contribution is 2.04. The predicted molar refractivity (Wildman–Crippen MR) is 103 cm³/mol. The summed E-state index contributed by atoms with van der Waals surface area (Å²) in [5.74, 6) is 1.71. The summed E-state index contributed by atoms with van der Waals surface area (Å²) in [5, 5.41) is 14.3. The molecule has 0 spiro atoms. The molecule has 0 radical (unpaired) electrons. The zero-order valence-corrected chi connectivity index (χ0v) is 16.4. The van der Waals surface area contributed by atoms with Crippen LogP contribution < -0.4 is 10.6 Å². The van der Waals surface area contributed by atoms with Crippen molar-refractivity contribution >= 4 is 29.9 Å². The average Bonchev–Trinajstić information content (AvgIpc) is 2.97. The fourth-order valence-electron chi connectivity index (χ4n) is 2.07. The Hall–Kier alpha value is -0.860. The van der Waals surface area contributed by atoms with Crippen molar-refractivity contribution < 1.29 is 0 Å². The largest absolute Gasteiger partial charge is 0.356 e. The fourth-order valence-corrected chi connectivity index (χ4v) is 2.07. The van der Waals surface area contributed by atoms with Crippen molar-refractivity contribution in [2.75, 3.05) is 20.1 Å². The van der Waals surface area contributed by atoms with Gasteiger partial charge in [-0.15, -0.1) is 34.2 Å². The zero-order valence-electron chi connectivity index (χ0n) is 14.1. The zero-order chi connectivity index (χ0) is 15.3. The number of rotatable bonds is 10. The van der Waals surface area contributed by atoms with Crippen LogP contribution in [0.2, 0.25) is 0 Å². The van der Waals surface area contributed by atoms with Crippen molar-refractivity contribution in [3.63, 3.8) is 0 Å². The number of aromatic nitrogens is 3. The second-order valence-corrected chi connectivity index (χ2v) is 5.72. The lowest BCUT2D eigenvalue weighted by molar-refractivity contribution is 0.534. The minimum absolute atomic E-state index is 0. The molecule has 0 saturated carbocycles. The average molecular weight is 422 g/mol. The molecular formula is C15H31IN6. The first kappa shape index (κ1) is 21.1. The maximum Gasteiger partial charge on any atom is 0.190 e. The van der Waals surface area contributed by atoms with E-state index in [1.165, 1.54) is 19.3 Å². The van der Waals surface area contributed by atoms with Crippen LogP contribution in [0.3, 0.4) is 0 Å². The van der Waals surface area contributed by atoms with E-state index in [2.05, 4.69) is 39.7 Å². The molecule has 22 heavy (non-hydrogen) atoms. The monoisotopic (exact) mass is 422 g/mol. The highest BCUT2D eigenvalue weighted by molar-refractivity contribution is 14.0. The normalized spacial score (nSPS) is 11.4. The van der Waals surface area contributed by atoms with E-state index in [1.54, 1.807) is 12.7 Å². The lowest BCUT2D eigenvalue weighted by Crippen LogP contribution is -2.38. The second kappa shape index (κ2) is 13.8. The van der Waals surface area contributed by atoms with Crippen molar-refractivity contribution in [1.29, 1.82) is 0 Å². The molecule has 0 aromatic carbocycles. The Kier molecular flexibility index (Phi) is 13.2. The molecule has 2 N–H and O–H groups in total. The first-order valence-electron chi connectivity index (χ1n) is 7.99. The van der Waals surface area contributed by atoms with Crippen molar-refractivity contribution in [3.05, 3.63) is 12.7 Å². The van der Waals surface area contributed by atoms with Crippen LogP contribution in [0.15, 0.2) is 17.6 Å². The van der Waals surface area contributed by atoms with Gasteiger partial charge in [0, 0.05) is 26.7 Å². The van der Waals surface area contributed by atoms with Gasteiger partial charge in [0.15, 0.2) is 5.96 Å². The van der Waals surface area contributed by atoms with Crippen LogP contribution in [0.25, 0.3) is 0 Å². The smallest absolute Gasteiger partial charge is 0.190 e. The summed E-state index contributed by atoms with van der Waals surface area (Å²) >= 11 is 0. The van der Waals surface area contributed by atoms with Crippen LogP contribution in [0.4, 0.5) is 0 Å². The Morgan fingerprint density at radius 3 is 2.18 bits per heavy atom. The first-order valence-corrected chi connectivity index (χ1v) is 7.99. The highest BCUT2D eigenvalue weighted by atomic mass is 127. The first-order chi connectivity index (χ1) is 10.2. The lowest BCUT2D eigenvalue weighted by atomic mass is 10.1. The van der Waals surface area contributed by atoms with Gasteiger partial charge in [-0.1, -0.05) is 26.7 Å². The van der Waals surface area contributed by atoms with E-state index in [4.69, 9.17) is 0 Å². The maximum absolute atomic E-state index is 4.24. The molecule has 0 unspecified atom stereocenters. The van der Waals surface area contributed by atoms with Gasteiger partial charge in [0.25, 0.3) is 0 Å². The summed E-state index contributed by atoms with van der Waals surface area (Å²) in [4.78, 5) is 4.24. The Morgan fingerprint density at radius 2 is 1.64 bits per heavy atom. The molecule has 1 aromatic heterocycles. The molecule has 0 fully saturated rings. The van der Waals surface area contributed by atoms with Crippen LogP contribution in [0.1, 0.15) is 46.0 Å². The topological polar surface area (TPSA) is 67.1 Å². The maximum atomic E-state index is 4.24. The van der Waals surface area contributed by atoms with E-state index in [0.29, 0.717) is 0 Å². The Labute approximate surface area is 151 Å². The van der Waals surface area contributed by atoms with Crippen molar-refractivity contribution in [2.24, 2.45) is 10.9 Å². The molecule has 0 atom stereocenters. The Morgan fingerprint density at radius 1 is 1.05 bits per heavy atom. The molecule has 1 aromatic rings. The summed E-state index contributed by atoms with van der Waals surface area (Å²) in [6, 6.07) is 0. The van der Waals surface area contributed by atoms with E-state index in [9.17, 15) is 0 Å². The fraction of sp³-hybridized carbons (Fsp3) is 0.800. The summed E-state index contributed by atoms with van der Waals surface area (Å²) in [5.41, 5.74) is 0. The number of guanidine groups is 1. The third kappa shape index (κ3) is 10.8. The molecular weight excluding hydrogens is 391 g/mol. The predicted octanol–water partition coefficient (Wildman–Crippen LogP) is 2.67. The Bertz CT molecular complexity index is 377. The molecule has 128 valence electrons. The van der Waals surface area contributed by atoms with Crippen LogP contribution >= 0.6 is 24.0 Å². The number of nitrogens with one attached hydrogen (secondary N) is 2. The van der Waals surface area contributed by atoms with Crippen molar-refractivity contribution in [2.45, 2.75) is 52.5 Å². The molecule has 0 bridgehead atoms. The summed E-state index contributed by atoms with van der Waals surface area (Å²) in [6.07, 6.45) is 9.50.